The van der Waals surface area contributed by atoms with E-state index in [-0.39, 0.29) is 4.83 Å². The molecule has 94 valence electrons. The van der Waals surface area contributed by atoms with Crippen molar-refractivity contribution in [1.82, 2.24) is 4.98 Å². The van der Waals surface area contributed by atoms with Gasteiger partial charge in [0.2, 0.25) is 0 Å². The highest BCUT2D eigenvalue weighted by molar-refractivity contribution is 9.09. The standard InChI is InChI=1S/C15H15BrClN/c1-10-4-3-5-11(2)15(10)13(16)8-12-6-7-18-9-14(12)17/h3-7,9,13H,8H2,1-2H3. The minimum absolute atomic E-state index is 0.276. The first-order valence-corrected chi connectivity index (χ1v) is 7.17. The molecule has 0 fully saturated rings. The average Bonchev–Trinajstić information content (AvgIpc) is 2.32. The fraction of sp³-hybridized carbons (Fsp3) is 0.267. The van der Waals surface area contributed by atoms with Gasteiger partial charge in [0.15, 0.2) is 0 Å². The quantitative estimate of drug-likeness (QED) is 0.722. The van der Waals surface area contributed by atoms with Gasteiger partial charge in [-0.1, -0.05) is 45.7 Å². The summed E-state index contributed by atoms with van der Waals surface area (Å²) in [6, 6.07) is 8.35. The van der Waals surface area contributed by atoms with Crippen LogP contribution in [-0.2, 0) is 6.42 Å². The van der Waals surface area contributed by atoms with E-state index in [1.165, 1.54) is 16.7 Å². The second-order valence-corrected chi connectivity index (χ2v) is 5.96. The predicted molar refractivity (Wildman–Crippen MR) is 80.5 cm³/mol. The Morgan fingerprint density at radius 1 is 1.22 bits per heavy atom. The average molecular weight is 325 g/mol. The first-order chi connectivity index (χ1) is 8.59. The van der Waals surface area contributed by atoms with Gasteiger partial charge in [0.05, 0.1) is 5.02 Å². The maximum absolute atomic E-state index is 6.15. The van der Waals surface area contributed by atoms with Gasteiger partial charge in [-0.2, -0.15) is 0 Å². The third-order valence-corrected chi connectivity index (χ3v) is 4.23. The van der Waals surface area contributed by atoms with Gasteiger partial charge in [0, 0.05) is 17.2 Å². The van der Waals surface area contributed by atoms with Gasteiger partial charge >= 0.3 is 0 Å². The Labute approximate surface area is 121 Å². The maximum Gasteiger partial charge on any atom is 0.0621 e. The van der Waals surface area contributed by atoms with Gasteiger partial charge < -0.3 is 0 Å². The van der Waals surface area contributed by atoms with E-state index < -0.39 is 0 Å². The number of nitrogens with zero attached hydrogens (tertiary/aromatic N) is 1. The van der Waals surface area contributed by atoms with Crippen LogP contribution in [0.25, 0.3) is 0 Å². The van der Waals surface area contributed by atoms with E-state index >= 15 is 0 Å². The fourth-order valence-electron chi connectivity index (χ4n) is 2.19. The molecule has 1 aromatic carbocycles. The van der Waals surface area contributed by atoms with Crippen LogP contribution in [0.1, 0.15) is 27.1 Å². The number of pyridine rings is 1. The Kier molecular flexibility index (Phi) is 4.41. The van der Waals surface area contributed by atoms with Crippen LogP contribution < -0.4 is 0 Å². The largest absolute Gasteiger partial charge is 0.263 e. The monoisotopic (exact) mass is 323 g/mol. The third kappa shape index (κ3) is 2.93. The lowest BCUT2D eigenvalue weighted by Crippen LogP contribution is -2.01. The van der Waals surface area contributed by atoms with Gasteiger partial charge in [-0.3, -0.25) is 4.98 Å². The molecular formula is C15H15BrClN. The molecule has 0 saturated heterocycles. The molecule has 0 amide bonds. The molecule has 18 heavy (non-hydrogen) atoms. The highest BCUT2D eigenvalue weighted by Crippen LogP contribution is 2.33. The van der Waals surface area contributed by atoms with Crippen molar-refractivity contribution in [2.75, 3.05) is 0 Å². The summed E-state index contributed by atoms with van der Waals surface area (Å²) >= 11 is 9.93. The van der Waals surface area contributed by atoms with E-state index in [9.17, 15) is 0 Å². The molecule has 0 bridgehead atoms. The lowest BCUT2D eigenvalue weighted by atomic mass is 9.96. The van der Waals surface area contributed by atoms with Crippen molar-refractivity contribution in [2.45, 2.75) is 25.1 Å². The molecule has 2 aromatic rings. The van der Waals surface area contributed by atoms with Gasteiger partial charge in [-0.15, -0.1) is 0 Å². The molecule has 0 aliphatic rings. The lowest BCUT2D eigenvalue weighted by Gasteiger charge is -2.16. The van der Waals surface area contributed by atoms with E-state index in [1.54, 1.807) is 12.4 Å². The summed E-state index contributed by atoms with van der Waals surface area (Å²) in [4.78, 5) is 4.29. The van der Waals surface area contributed by atoms with Crippen LogP contribution in [0, 0.1) is 13.8 Å². The van der Waals surface area contributed by atoms with Crippen molar-refractivity contribution in [3.8, 4) is 0 Å². The second kappa shape index (κ2) is 5.85. The van der Waals surface area contributed by atoms with Gasteiger partial charge in [0.1, 0.15) is 0 Å². The number of benzene rings is 1. The van der Waals surface area contributed by atoms with Crippen LogP contribution in [0.15, 0.2) is 36.7 Å². The first-order valence-electron chi connectivity index (χ1n) is 5.88. The number of hydrogen-bond donors (Lipinski definition) is 0. The Balaban J connectivity index is 2.28. The summed E-state index contributed by atoms with van der Waals surface area (Å²) in [7, 11) is 0. The summed E-state index contributed by atoms with van der Waals surface area (Å²) in [5.74, 6) is 0. The highest BCUT2D eigenvalue weighted by atomic mass is 79.9. The van der Waals surface area contributed by atoms with Crippen molar-refractivity contribution in [2.24, 2.45) is 0 Å². The summed E-state index contributed by atoms with van der Waals surface area (Å²) in [6.07, 6.45) is 4.35. The third-order valence-electron chi connectivity index (χ3n) is 3.11. The number of alkyl halides is 1. The highest BCUT2D eigenvalue weighted by Gasteiger charge is 2.14. The van der Waals surface area contributed by atoms with E-state index in [0.29, 0.717) is 0 Å². The molecule has 1 nitrogen and oxygen atoms in total. The Morgan fingerprint density at radius 3 is 2.50 bits per heavy atom. The molecule has 0 radical (unpaired) electrons. The minimum atomic E-state index is 0.276. The van der Waals surface area contributed by atoms with Gasteiger partial charge in [-0.05, 0) is 48.6 Å². The molecule has 0 aliphatic heterocycles. The van der Waals surface area contributed by atoms with E-state index in [0.717, 1.165) is 17.0 Å². The van der Waals surface area contributed by atoms with Crippen molar-refractivity contribution in [3.63, 3.8) is 0 Å². The number of rotatable bonds is 3. The lowest BCUT2D eigenvalue weighted by molar-refractivity contribution is 0.924. The fourth-order valence-corrected chi connectivity index (χ4v) is 3.45. The zero-order valence-corrected chi connectivity index (χ0v) is 12.8. The van der Waals surface area contributed by atoms with Crippen molar-refractivity contribution < 1.29 is 0 Å². The van der Waals surface area contributed by atoms with E-state index in [4.69, 9.17) is 11.6 Å². The summed E-state index contributed by atoms with van der Waals surface area (Å²) in [6.45, 7) is 4.29. The van der Waals surface area contributed by atoms with Crippen LogP contribution >= 0.6 is 27.5 Å². The molecule has 1 heterocycles. The molecule has 0 spiro atoms. The van der Waals surface area contributed by atoms with Crippen LogP contribution in [0.4, 0.5) is 0 Å². The Morgan fingerprint density at radius 2 is 1.89 bits per heavy atom. The number of hydrogen-bond acceptors (Lipinski definition) is 1. The zero-order chi connectivity index (χ0) is 13.1. The van der Waals surface area contributed by atoms with Crippen molar-refractivity contribution in [1.29, 1.82) is 0 Å². The molecule has 1 unspecified atom stereocenters. The first kappa shape index (κ1) is 13.6. The molecule has 0 aliphatic carbocycles. The maximum atomic E-state index is 6.15. The smallest absolute Gasteiger partial charge is 0.0621 e. The molecule has 2 rings (SSSR count). The molecule has 3 heteroatoms. The summed E-state index contributed by atoms with van der Waals surface area (Å²) < 4.78 is 0. The number of aromatic nitrogens is 1. The van der Waals surface area contributed by atoms with Crippen LogP contribution in [0.3, 0.4) is 0 Å². The SMILES string of the molecule is Cc1cccc(C)c1C(Br)Cc1ccncc1Cl. The van der Waals surface area contributed by atoms with E-state index in [1.807, 2.05) is 6.07 Å². The summed E-state index contributed by atoms with van der Waals surface area (Å²) in [5, 5.41) is 0.730. The molecule has 1 aromatic heterocycles. The minimum Gasteiger partial charge on any atom is -0.263 e. The zero-order valence-electron chi connectivity index (χ0n) is 10.5. The van der Waals surface area contributed by atoms with Gasteiger partial charge in [-0.25, -0.2) is 0 Å². The Bertz CT molecular complexity index is 534. The van der Waals surface area contributed by atoms with Crippen molar-refractivity contribution >= 4 is 27.5 Å². The van der Waals surface area contributed by atoms with E-state index in [2.05, 4.69) is 53.0 Å². The Hall–Kier alpha value is -0.860. The second-order valence-electron chi connectivity index (χ2n) is 4.44. The normalized spacial score (nSPS) is 12.4. The van der Waals surface area contributed by atoms with Crippen molar-refractivity contribution in [3.05, 3.63) is 63.9 Å². The van der Waals surface area contributed by atoms with Crippen LogP contribution in [0.2, 0.25) is 5.02 Å². The number of halogens is 2. The summed E-state index contributed by atoms with van der Waals surface area (Å²) in [5.41, 5.74) is 5.09. The molecule has 0 N–H and O–H groups in total. The van der Waals surface area contributed by atoms with Crippen LogP contribution in [-0.4, -0.2) is 4.98 Å². The predicted octanol–water partition coefficient (Wildman–Crippen LogP) is 5.03. The van der Waals surface area contributed by atoms with Crippen LogP contribution in [0.5, 0.6) is 0 Å². The number of aryl methyl sites for hydroxylation is 2. The molecule has 0 saturated carbocycles. The molecule has 1 atom stereocenters. The topological polar surface area (TPSA) is 12.9 Å². The van der Waals surface area contributed by atoms with Gasteiger partial charge in [0.25, 0.3) is 0 Å². The molecular weight excluding hydrogens is 310 g/mol.